The fraction of sp³-hybridized carbons (Fsp3) is 0.538. The molecule has 0 amide bonds. The zero-order valence-electron chi connectivity index (χ0n) is 8.83. The molecule has 0 spiro atoms. The maximum Gasteiger partial charge on any atom is 0.00944 e. The van der Waals surface area contributed by atoms with E-state index in [2.05, 4.69) is 43.0 Å². The summed E-state index contributed by atoms with van der Waals surface area (Å²) in [5, 5.41) is 0.881. The van der Waals surface area contributed by atoms with Gasteiger partial charge in [0.05, 0.1) is 0 Å². The fourth-order valence-electron chi connectivity index (χ4n) is 1.99. The second kappa shape index (κ2) is 4.88. The highest BCUT2D eigenvalue weighted by Gasteiger charge is 2.13. The lowest BCUT2D eigenvalue weighted by Crippen LogP contribution is -2.07. The Morgan fingerprint density at radius 3 is 2.29 bits per heavy atom. The van der Waals surface area contributed by atoms with E-state index in [9.17, 15) is 0 Å². The standard InChI is InChI=1S/C13H18S/c1-11-7-9-13(10-8-11)14-12-5-3-2-4-6-12/h7-10,12H,2-6H2,1H3. The van der Waals surface area contributed by atoms with Crippen molar-refractivity contribution in [3.8, 4) is 0 Å². The van der Waals surface area contributed by atoms with E-state index in [1.807, 2.05) is 0 Å². The summed E-state index contributed by atoms with van der Waals surface area (Å²) in [6, 6.07) is 8.94. The van der Waals surface area contributed by atoms with E-state index in [4.69, 9.17) is 0 Å². The van der Waals surface area contributed by atoms with Gasteiger partial charge in [-0.25, -0.2) is 0 Å². The van der Waals surface area contributed by atoms with Crippen LogP contribution in [0.2, 0.25) is 0 Å². The average Bonchev–Trinajstić information content (AvgIpc) is 2.23. The molecule has 14 heavy (non-hydrogen) atoms. The van der Waals surface area contributed by atoms with Crippen LogP contribution in [0, 0.1) is 6.92 Å². The second-order valence-corrected chi connectivity index (χ2v) is 5.56. The molecule has 2 rings (SSSR count). The first kappa shape index (κ1) is 10.1. The summed E-state index contributed by atoms with van der Waals surface area (Å²) in [7, 11) is 0. The van der Waals surface area contributed by atoms with Crippen LogP contribution in [-0.2, 0) is 0 Å². The first-order chi connectivity index (χ1) is 6.84. The molecule has 1 heteroatoms. The van der Waals surface area contributed by atoms with Gasteiger partial charge < -0.3 is 0 Å². The van der Waals surface area contributed by atoms with Crippen LogP contribution in [-0.4, -0.2) is 5.25 Å². The zero-order valence-corrected chi connectivity index (χ0v) is 9.65. The zero-order chi connectivity index (χ0) is 9.80. The fourth-order valence-corrected chi connectivity index (χ4v) is 3.24. The van der Waals surface area contributed by atoms with Crippen molar-refractivity contribution in [1.82, 2.24) is 0 Å². The lowest BCUT2D eigenvalue weighted by Gasteiger charge is -2.20. The molecule has 1 saturated carbocycles. The highest BCUT2D eigenvalue weighted by Crippen LogP contribution is 2.33. The van der Waals surface area contributed by atoms with Gasteiger partial charge >= 0.3 is 0 Å². The molecule has 1 aromatic rings. The largest absolute Gasteiger partial charge is 0.123 e. The Kier molecular flexibility index (Phi) is 3.52. The summed E-state index contributed by atoms with van der Waals surface area (Å²) < 4.78 is 0. The van der Waals surface area contributed by atoms with Gasteiger partial charge in [-0.15, -0.1) is 11.8 Å². The Balaban J connectivity index is 1.92. The van der Waals surface area contributed by atoms with E-state index in [-0.39, 0.29) is 0 Å². The Bertz CT molecular complexity index is 270. The Labute approximate surface area is 91.1 Å². The van der Waals surface area contributed by atoms with Crippen LogP contribution in [0.4, 0.5) is 0 Å². The topological polar surface area (TPSA) is 0 Å². The van der Waals surface area contributed by atoms with Crippen molar-refractivity contribution in [1.29, 1.82) is 0 Å². The quantitative estimate of drug-likeness (QED) is 0.690. The molecule has 76 valence electrons. The number of rotatable bonds is 2. The van der Waals surface area contributed by atoms with Gasteiger partial charge in [0.1, 0.15) is 0 Å². The van der Waals surface area contributed by atoms with Gasteiger partial charge in [0, 0.05) is 10.1 Å². The van der Waals surface area contributed by atoms with Crippen molar-refractivity contribution in [3.05, 3.63) is 29.8 Å². The van der Waals surface area contributed by atoms with Crippen molar-refractivity contribution < 1.29 is 0 Å². The monoisotopic (exact) mass is 206 g/mol. The molecule has 0 bridgehead atoms. The van der Waals surface area contributed by atoms with Gasteiger partial charge in [-0.1, -0.05) is 37.0 Å². The Morgan fingerprint density at radius 2 is 1.64 bits per heavy atom. The first-order valence-corrected chi connectivity index (χ1v) is 6.46. The third-order valence-corrected chi connectivity index (χ3v) is 4.23. The van der Waals surface area contributed by atoms with Crippen LogP contribution < -0.4 is 0 Å². The molecule has 0 heterocycles. The number of hydrogen-bond acceptors (Lipinski definition) is 1. The summed E-state index contributed by atoms with van der Waals surface area (Å²) in [5.41, 5.74) is 1.36. The molecule has 0 atom stereocenters. The Morgan fingerprint density at radius 1 is 1.00 bits per heavy atom. The molecule has 0 aromatic heterocycles. The SMILES string of the molecule is Cc1ccc(SC2CCCCC2)cc1. The van der Waals surface area contributed by atoms with Crippen LogP contribution in [0.3, 0.4) is 0 Å². The van der Waals surface area contributed by atoms with Gasteiger partial charge in [-0.2, -0.15) is 0 Å². The molecule has 0 nitrogen and oxygen atoms in total. The second-order valence-electron chi connectivity index (χ2n) is 4.19. The number of thioether (sulfide) groups is 1. The van der Waals surface area contributed by atoms with Gasteiger partial charge in [-0.3, -0.25) is 0 Å². The van der Waals surface area contributed by atoms with E-state index in [1.54, 1.807) is 0 Å². The summed E-state index contributed by atoms with van der Waals surface area (Å²) in [6.45, 7) is 2.15. The van der Waals surface area contributed by atoms with E-state index in [0.29, 0.717) is 0 Å². The van der Waals surface area contributed by atoms with Crippen molar-refractivity contribution in [2.24, 2.45) is 0 Å². The summed E-state index contributed by atoms with van der Waals surface area (Å²) >= 11 is 2.07. The smallest absolute Gasteiger partial charge is 0.00944 e. The lowest BCUT2D eigenvalue weighted by atomic mass is 10.0. The molecular weight excluding hydrogens is 188 g/mol. The van der Waals surface area contributed by atoms with Crippen LogP contribution in [0.25, 0.3) is 0 Å². The highest BCUT2D eigenvalue weighted by atomic mass is 32.2. The predicted octanol–water partition coefficient (Wildman–Crippen LogP) is 4.42. The molecule has 0 saturated heterocycles. The third kappa shape index (κ3) is 2.78. The van der Waals surface area contributed by atoms with E-state index < -0.39 is 0 Å². The van der Waals surface area contributed by atoms with Crippen LogP contribution in [0.5, 0.6) is 0 Å². The summed E-state index contributed by atoms with van der Waals surface area (Å²) in [5.74, 6) is 0. The molecule has 1 fully saturated rings. The minimum absolute atomic E-state index is 0.881. The van der Waals surface area contributed by atoms with Gasteiger partial charge in [-0.05, 0) is 31.9 Å². The van der Waals surface area contributed by atoms with Crippen molar-refractivity contribution in [2.45, 2.75) is 49.2 Å². The summed E-state index contributed by atoms with van der Waals surface area (Å²) in [6.07, 6.45) is 7.15. The highest BCUT2D eigenvalue weighted by molar-refractivity contribution is 8.00. The number of aryl methyl sites for hydroxylation is 1. The maximum absolute atomic E-state index is 2.26. The average molecular weight is 206 g/mol. The van der Waals surface area contributed by atoms with E-state index in [1.165, 1.54) is 42.6 Å². The van der Waals surface area contributed by atoms with Crippen LogP contribution in [0.15, 0.2) is 29.2 Å². The van der Waals surface area contributed by atoms with Gasteiger partial charge in [0.25, 0.3) is 0 Å². The minimum atomic E-state index is 0.881. The summed E-state index contributed by atoms with van der Waals surface area (Å²) in [4.78, 5) is 1.45. The maximum atomic E-state index is 2.26. The van der Waals surface area contributed by atoms with Crippen molar-refractivity contribution in [2.75, 3.05) is 0 Å². The van der Waals surface area contributed by atoms with Gasteiger partial charge in [0.2, 0.25) is 0 Å². The van der Waals surface area contributed by atoms with Crippen molar-refractivity contribution >= 4 is 11.8 Å². The molecule has 0 radical (unpaired) electrons. The molecule has 1 aliphatic carbocycles. The Hall–Kier alpha value is -0.430. The molecular formula is C13H18S. The predicted molar refractivity (Wildman–Crippen MR) is 63.9 cm³/mol. The third-order valence-electron chi connectivity index (χ3n) is 2.88. The molecule has 0 aliphatic heterocycles. The van der Waals surface area contributed by atoms with Gasteiger partial charge in [0.15, 0.2) is 0 Å². The van der Waals surface area contributed by atoms with E-state index >= 15 is 0 Å². The molecule has 1 aromatic carbocycles. The normalized spacial score (nSPS) is 18.4. The minimum Gasteiger partial charge on any atom is -0.123 e. The molecule has 1 aliphatic rings. The van der Waals surface area contributed by atoms with Crippen LogP contribution in [0.1, 0.15) is 37.7 Å². The molecule has 0 unspecified atom stereocenters. The van der Waals surface area contributed by atoms with Crippen molar-refractivity contribution in [3.63, 3.8) is 0 Å². The first-order valence-electron chi connectivity index (χ1n) is 5.58. The molecule has 0 N–H and O–H groups in total. The lowest BCUT2D eigenvalue weighted by molar-refractivity contribution is 0.516. The van der Waals surface area contributed by atoms with Crippen LogP contribution >= 0.6 is 11.8 Å². The number of benzene rings is 1. The van der Waals surface area contributed by atoms with E-state index in [0.717, 1.165) is 5.25 Å². The number of hydrogen-bond donors (Lipinski definition) is 0.